The van der Waals surface area contributed by atoms with Crippen LogP contribution in [0.2, 0.25) is 0 Å². The molecule has 6 nitrogen and oxygen atoms in total. The van der Waals surface area contributed by atoms with Crippen LogP contribution in [-0.2, 0) is 21.4 Å². The Morgan fingerprint density at radius 2 is 2.05 bits per heavy atom. The number of thiazole rings is 1. The van der Waals surface area contributed by atoms with Crippen molar-refractivity contribution in [3.05, 3.63) is 40.8 Å². The van der Waals surface area contributed by atoms with E-state index in [2.05, 4.69) is 9.71 Å². The second-order valence-electron chi connectivity index (χ2n) is 4.89. The van der Waals surface area contributed by atoms with Gasteiger partial charge in [0.2, 0.25) is 15.9 Å². The van der Waals surface area contributed by atoms with E-state index in [1.807, 2.05) is 0 Å². The summed E-state index contributed by atoms with van der Waals surface area (Å²) in [5.74, 6) is 0.0810. The van der Waals surface area contributed by atoms with Gasteiger partial charge in [-0.15, -0.1) is 11.3 Å². The van der Waals surface area contributed by atoms with Crippen molar-refractivity contribution < 1.29 is 13.2 Å². The van der Waals surface area contributed by atoms with Gasteiger partial charge in [0.05, 0.1) is 11.4 Å². The van der Waals surface area contributed by atoms with Crippen LogP contribution in [-0.4, -0.2) is 25.9 Å². The average Bonchev–Trinajstić information content (AvgIpc) is 3.17. The minimum atomic E-state index is -3.58. The number of benzene rings is 1. The maximum Gasteiger partial charge on any atom is 0.240 e. The maximum absolute atomic E-state index is 12.2. The number of nitrogens with zero attached hydrogens (tertiary/aromatic N) is 2. The van der Waals surface area contributed by atoms with Crippen molar-refractivity contribution in [2.45, 2.75) is 24.3 Å². The number of aromatic nitrogens is 1. The van der Waals surface area contributed by atoms with Gasteiger partial charge in [-0.1, -0.05) is 0 Å². The van der Waals surface area contributed by atoms with Gasteiger partial charge < -0.3 is 4.90 Å². The van der Waals surface area contributed by atoms with Crippen LogP contribution in [0.25, 0.3) is 0 Å². The van der Waals surface area contributed by atoms with Crippen molar-refractivity contribution in [2.75, 3.05) is 11.4 Å². The third-order valence-electron chi connectivity index (χ3n) is 3.43. The summed E-state index contributed by atoms with van der Waals surface area (Å²) >= 11 is 1.40. The van der Waals surface area contributed by atoms with E-state index >= 15 is 0 Å². The molecule has 8 heteroatoms. The lowest BCUT2D eigenvalue weighted by Crippen LogP contribution is -2.25. The van der Waals surface area contributed by atoms with E-state index in [9.17, 15) is 13.2 Å². The first kappa shape index (κ1) is 15.1. The number of carbonyl (C=O) groups excluding carboxylic acids is 1. The number of carbonyl (C=O) groups is 1. The topological polar surface area (TPSA) is 79.4 Å². The summed E-state index contributed by atoms with van der Waals surface area (Å²) in [4.78, 5) is 17.6. The highest BCUT2D eigenvalue weighted by atomic mass is 32.2. The van der Waals surface area contributed by atoms with Crippen molar-refractivity contribution in [3.63, 3.8) is 0 Å². The van der Waals surface area contributed by atoms with E-state index in [1.54, 1.807) is 28.6 Å². The summed E-state index contributed by atoms with van der Waals surface area (Å²) in [6.45, 7) is 0.861. The smallest absolute Gasteiger partial charge is 0.240 e. The number of nitrogens with one attached hydrogen (secondary N) is 1. The Morgan fingerprint density at radius 3 is 2.64 bits per heavy atom. The van der Waals surface area contributed by atoms with Crippen LogP contribution in [0, 0.1) is 0 Å². The van der Waals surface area contributed by atoms with E-state index in [0.29, 0.717) is 18.0 Å². The molecule has 1 aromatic heterocycles. The number of rotatable bonds is 5. The molecule has 0 aliphatic carbocycles. The van der Waals surface area contributed by atoms with Crippen LogP contribution in [0.5, 0.6) is 0 Å². The van der Waals surface area contributed by atoms with Crippen LogP contribution in [0.3, 0.4) is 0 Å². The summed E-state index contributed by atoms with van der Waals surface area (Å²) in [6, 6.07) is 6.37. The highest BCUT2D eigenvalue weighted by Gasteiger charge is 2.22. The molecule has 1 aliphatic rings. The Balaban J connectivity index is 1.72. The summed E-state index contributed by atoms with van der Waals surface area (Å²) < 4.78 is 26.9. The van der Waals surface area contributed by atoms with E-state index in [4.69, 9.17) is 0 Å². The van der Waals surface area contributed by atoms with Gasteiger partial charge in [-0.2, -0.15) is 0 Å². The van der Waals surface area contributed by atoms with Crippen LogP contribution < -0.4 is 9.62 Å². The summed E-state index contributed by atoms with van der Waals surface area (Å²) in [5.41, 5.74) is 0.737. The van der Waals surface area contributed by atoms with Gasteiger partial charge in [0.15, 0.2) is 0 Å². The Hall–Kier alpha value is -1.77. The minimum absolute atomic E-state index is 0.0810. The minimum Gasteiger partial charge on any atom is -0.312 e. The fourth-order valence-electron chi connectivity index (χ4n) is 2.31. The third kappa shape index (κ3) is 3.18. The molecule has 1 amide bonds. The third-order valence-corrected chi connectivity index (χ3v) is 5.63. The first-order chi connectivity index (χ1) is 10.6. The molecule has 0 radical (unpaired) electrons. The SMILES string of the molecule is O=C1CCCN1c1ccc(S(=O)(=O)NCc2nccs2)cc1. The highest BCUT2D eigenvalue weighted by molar-refractivity contribution is 7.89. The lowest BCUT2D eigenvalue weighted by Gasteiger charge is -2.16. The fourth-order valence-corrected chi connectivity index (χ4v) is 3.94. The number of anilines is 1. The first-order valence-corrected chi connectivity index (χ1v) is 9.21. The number of sulfonamides is 1. The summed E-state index contributed by atoms with van der Waals surface area (Å²) in [5, 5.41) is 2.51. The van der Waals surface area contributed by atoms with Crippen molar-refractivity contribution in [1.82, 2.24) is 9.71 Å². The summed E-state index contributed by atoms with van der Waals surface area (Å²) in [7, 11) is -3.58. The van der Waals surface area contributed by atoms with E-state index in [0.717, 1.165) is 12.1 Å². The fraction of sp³-hybridized carbons (Fsp3) is 0.286. The highest BCUT2D eigenvalue weighted by Crippen LogP contribution is 2.23. The predicted octanol–water partition coefficient (Wildman–Crippen LogP) is 1.75. The second-order valence-corrected chi connectivity index (χ2v) is 7.64. The van der Waals surface area contributed by atoms with Crippen LogP contribution in [0.15, 0.2) is 40.7 Å². The number of amides is 1. The quantitative estimate of drug-likeness (QED) is 0.901. The van der Waals surface area contributed by atoms with Gasteiger partial charge in [0.25, 0.3) is 0 Å². The molecule has 1 aromatic carbocycles. The van der Waals surface area contributed by atoms with Gasteiger partial charge in [0, 0.05) is 30.2 Å². The monoisotopic (exact) mass is 337 g/mol. The molecule has 1 N–H and O–H groups in total. The van der Waals surface area contributed by atoms with E-state index in [1.165, 1.54) is 23.5 Å². The van der Waals surface area contributed by atoms with E-state index < -0.39 is 10.0 Å². The van der Waals surface area contributed by atoms with Crippen molar-refractivity contribution in [3.8, 4) is 0 Å². The van der Waals surface area contributed by atoms with Crippen molar-refractivity contribution >= 4 is 33.0 Å². The average molecular weight is 337 g/mol. The van der Waals surface area contributed by atoms with Gasteiger partial charge in [-0.3, -0.25) is 4.79 Å². The Labute approximate surface area is 132 Å². The predicted molar refractivity (Wildman–Crippen MR) is 84.2 cm³/mol. The van der Waals surface area contributed by atoms with Crippen molar-refractivity contribution in [1.29, 1.82) is 0 Å². The first-order valence-electron chi connectivity index (χ1n) is 6.85. The van der Waals surface area contributed by atoms with Gasteiger partial charge in [-0.05, 0) is 30.7 Å². The zero-order valence-electron chi connectivity index (χ0n) is 11.7. The molecular weight excluding hydrogens is 322 g/mol. The summed E-state index contributed by atoms with van der Waals surface area (Å²) in [6.07, 6.45) is 3.03. The zero-order chi connectivity index (χ0) is 15.6. The molecule has 0 unspecified atom stereocenters. The van der Waals surface area contributed by atoms with Crippen LogP contribution in [0.4, 0.5) is 5.69 Å². The number of hydrogen-bond acceptors (Lipinski definition) is 5. The molecule has 3 rings (SSSR count). The molecule has 22 heavy (non-hydrogen) atoms. The molecule has 2 heterocycles. The molecule has 0 saturated carbocycles. The molecule has 0 bridgehead atoms. The second kappa shape index (κ2) is 6.15. The molecule has 2 aromatic rings. The Kier molecular flexibility index (Phi) is 4.23. The molecule has 1 aliphatic heterocycles. The zero-order valence-corrected chi connectivity index (χ0v) is 13.4. The molecule has 0 spiro atoms. The Bertz CT molecular complexity index is 755. The van der Waals surface area contributed by atoms with Crippen LogP contribution >= 0.6 is 11.3 Å². The van der Waals surface area contributed by atoms with Gasteiger partial charge >= 0.3 is 0 Å². The molecule has 1 fully saturated rings. The lowest BCUT2D eigenvalue weighted by molar-refractivity contribution is -0.117. The molecular formula is C14H15N3O3S2. The Morgan fingerprint density at radius 1 is 1.27 bits per heavy atom. The molecule has 0 atom stereocenters. The van der Waals surface area contributed by atoms with Crippen molar-refractivity contribution in [2.24, 2.45) is 0 Å². The molecule has 1 saturated heterocycles. The van der Waals surface area contributed by atoms with Gasteiger partial charge in [0.1, 0.15) is 5.01 Å². The largest absolute Gasteiger partial charge is 0.312 e. The van der Waals surface area contributed by atoms with Crippen LogP contribution in [0.1, 0.15) is 17.8 Å². The standard InChI is InChI=1S/C14H15N3O3S2/c18-14-2-1-8-17(14)11-3-5-12(6-4-11)22(19,20)16-10-13-15-7-9-21-13/h3-7,9,16H,1-2,8,10H2. The number of hydrogen-bond donors (Lipinski definition) is 1. The van der Waals surface area contributed by atoms with E-state index in [-0.39, 0.29) is 17.3 Å². The normalized spacial score (nSPS) is 15.5. The molecule has 116 valence electrons. The maximum atomic E-state index is 12.2. The van der Waals surface area contributed by atoms with Gasteiger partial charge in [-0.25, -0.2) is 18.1 Å². The lowest BCUT2D eigenvalue weighted by atomic mass is 10.3.